The minimum Gasteiger partial charge on any atom is -0.462 e. The molecule has 3 nitrogen and oxygen atoms in total. The fraction of sp³-hybridized carbons (Fsp3) is 0.156. The topological polar surface area (TPSA) is 52.3 Å². The molecule has 178 valence electrons. The summed E-state index contributed by atoms with van der Waals surface area (Å²) in [5.41, 5.74) is 14.0. The molecule has 6 rings (SSSR count). The van der Waals surface area contributed by atoms with Crippen LogP contribution in [0.4, 0.5) is 0 Å². The van der Waals surface area contributed by atoms with E-state index in [1.807, 2.05) is 6.92 Å². The molecule has 5 aromatic rings. The number of fused-ring (bicyclic) bond motifs is 3. The molecule has 0 saturated carbocycles. The molecule has 4 heteroatoms. The Labute approximate surface area is 214 Å². The standard InChI is InChI=1S/C32H27NO2S/c1-2-35-32(34)31-28-17-26(24-15-7-11-20-9-3-5-13-22(20)24)27(18-29(28)36-30(31)19-33)25-16-8-12-21-10-4-6-14-23(21)25/h3-6,8-10,12-18H,2,7,11,19,33H2,1H3. The maximum absolute atomic E-state index is 13.0. The fourth-order valence-corrected chi connectivity index (χ4v) is 6.50. The predicted octanol–water partition coefficient (Wildman–Crippen LogP) is 7.73. The number of carbonyl (C=O) groups excluding carboxylic acids is 1. The molecule has 4 aromatic carbocycles. The molecule has 0 aliphatic heterocycles. The van der Waals surface area contributed by atoms with E-state index < -0.39 is 0 Å². The molecular formula is C32H27NO2S. The maximum atomic E-state index is 13.0. The number of esters is 1. The molecule has 0 radical (unpaired) electrons. The van der Waals surface area contributed by atoms with Crippen molar-refractivity contribution in [1.29, 1.82) is 0 Å². The van der Waals surface area contributed by atoms with Crippen LogP contribution in [0, 0.1) is 0 Å². The Morgan fingerprint density at radius 2 is 1.67 bits per heavy atom. The number of aryl methyl sites for hydroxylation is 1. The molecule has 0 bridgehead atoms. The zero-order valence-corrected chi connectivity index (χ0v) is 21.0. The van der Waals surface area contributed by atoms with Gasteiger partial charge in [-0.3, -0.25) is 0 Å². The van der Waals surface area contributed by atoms with Crippen molar-refractivity contribution in [1.82, 2.24) is 0 Å². The van der Waals surface area contributed by atoms with Crippen molar-refractivity contribution in [2.24, 2.45) is 5.73 Å². The second-order valence-corrected chi connectivity index (χ2v) is 10.2. The first-order valence-electron chi connectivity index (χ1n) is 12.4. The number of thiophene rings is 1. The van der Waals surface area contributed by atoms with Crippen molar-refractivity contribution in [2.45, 2.75) is 26.3 Å². The normalized spacial score (nSPS) is 13.0. The van der Waals surface area contributed by atoms with Gasteiger partial charge in [-0.1, -0.05) is 72.8 Å². The van der Waals surface area contributed by atoms with E-state index in [0.717, 1.165) is 33.4 Å². The van der Waals surface area contributed by atoms with E-state index in [-0.39, 0.29) is 5.97 Å². The number of hydrogen-bond donors (Lipinski definition) is 1. The van der Waals surface area contributed by atoms with Crippen LogP contribution in [0.5, 0.6) is 0 Å². The predicted molar refractivity (Wildman–Crippen MR) is 150 cm³/mol. The molecule has 0 spiro atoms. The summed E-state index contributed by atoms with van der Waals surface area (Å²) in [6.45, 7) is 2.47. The Bertz CT molecular complexity index is 1650. The van der Waals surface area contributed by atoms with Gasteiger partial charge in [-0.2, -0.15) is 0 Å². The first kappa shape index (κ1) is 22.7. The van der Waals surface area contributed by atoms with Gasteiger partial charge in [0.15, 0.2) is 0 Å². The number of nitrogens with two attached hydrogens (primary N) is 1. The summed E-state index contributed by atoms with van der Waals surface area (Å²) in [6, 6.07) is 28.1. The second-order valence-electron chi connectivity index (χ2n) is 9.06. The highest BCUT2D eigenvalue weighted by molar-refractivity contribution is 7.19. The van der Waals surface area contributed by atoms with Crippen molar-refractivity contribution in [3.63, 3.8) is 0 Å². The van der Waals surface area contributed by atoms with Gasteiger partial charge in [-0.25, -0.2) is 4.79 Å². The molecule has 36 heavy (non-hydrogen) atoms. The third-order valence-corrected chi connectivity index (χ3v) is 8.18. The van der Waals surface area contributed by atoms with Crippen molar-refractivity contribution in [2.75, 3.05) is 6.61 Å². The summed E-state index contributed by atoms with van der Waals surface area (Å²) in [5.74, 6) is -0.300. The van der Waals surface area contributed by atoms with E-state index in [0.29, 0.717) is 18.7 Å². The summed E-state index contributed by atoms with van der Waals surface area (Å²) in [5, 5.41) is 3.34. The summed E-state index contributed by atoms with van der Waals surface area (Å²) >= 11 is 1.59. The van der Waals surface area contributed by atoms with Gasteiger partial charge in [0.25, 0.3) is 0 Å². The van der Waals surface area contributed by atoms with Crippen LogP contribution in [0.1, 0.15) is 45.3 Å². The first-order valence-corrected chi connectivity index (χ1v) is 13.2. The molecule has 1 aliphatic rings. The van der Waals surface area contributed by atoms with Crippen LogP contribution >= 0.6 is 11.3 Å². The Morgan fingerprint density at radius 1 is 0.889 bits per heavy atom. The van der Waals surface area contributed by atoms with Crippen LogP contribution in [0.2, 0.25) is 0 Å². The van der Waals surface area contributed by atoms with E-state index in [9.17, 15) is 4.79 Å². The fourth-order valence-electron chi connectivity index (χ4n) is 5.41. The largest absolute Gasteiger partial charge is 0.462 e. The van der Waals surface area contributed by atoms with Crippen LogP contribution in [-0.4, -0.2) is 12.6 Å². The number of allylic oxidation sites excluding steroid dienone is 1. The quantitative estimate of drug-likeness (QED) is 0.257. The molecule has 0 saturated heterocycles. The molecule has 1 heterocycles. The van der Waals surface area contributed by atoms with Gasteiger partial charge >= 0.3 is 5.97 Å². The second kappa shape index (κ2) is 9.38. The highest BCUT2D eigenvalue weighted by Crippen LogP contribution is 2.44. The lowest BCUT2D eigenvalue weighted by Gasteiger charge is -2.21. The van der Waals surface area contributed by atoms with Gasteiger partial charge < -0.3 is 10.5 Å². The Kier molecular flexibility index (Phi) is 5.92. The Hall–Kier alpha value is -3.73. The highest BCUT2D eigenvalue weighted by Gasteiger charge is 2.24. The average Bonchev–Trinajstić information content (AvgIpc) is 3.29. The molecule has 1 aliphatic carbocycles. The van der Waals surface area contributed by atoms with Crippen LogP contribution in [-0.2, 0) is 17.7 Å². The van der Waals surface area contributed by atoms with E-state index >= 15 is 0 Å². The van der Waals surface area contributed by atoms with Crippen LogP contribution < -0.4 is 5.73 Å². The molecule has 0 atom stereocenters. The third kappa shape index (κ3) is 3.74. The smallest absolute Gasteiger partial charge is 0.339 e. The number of rotatable bonds is 5. The van der Waals surface area contributed by atoms with E-state index in [2.05, 4.69) is 84.9 Å². The average molecular weight is 490 g/mol. The number of benzene rings is 4. The van der Waals surface area contributed by atoms with Crippen molar-refractivity contribution < 1.29 is 9.53 Å². The SMILES string of the molecule is CCOC(=O)c1c(CN)sc2cc(-c3cccc4ccccc34)c(C3=CCCc4ccccc43)cc12. The van der Waals surface area contributed by atoms with Crippen LogP contribution in [0.25, 0.3) is 37.6 Å². The monoisotopic (exact) mass is 489 g/mol. The van der Waals surface area contributed by atoms with Crippen LogP contribution in [0.15, 0.2) is 84.9 Å². The van der Waals surface area contributed by atoms with E-state index in [1.165, 1.54) is 38.6 Å². The lowest BCUT2D eigenvalue weighted by Crippen LogP contribution is -2.08. The summed E-state index contributed by atoms with van der Waals surface area (Å²) < 4.78 is 6.50. The molecule has 0 amide bonds. The minimum absolute atomic E-state index is 0.300. The number of carbonyl (C=O) groups is 1. The number of ether oxygens (including phenoxy) is 1. The van der Waals surface area contributed by atoms with Gasteiger partial charge in [0.05, 0.1) is 12.2 Å². The lowest BCUT2D eigenvalue weighted by atomic mass is 9.82. The summed E-state index contributed by atoms with van der Waals surface area (Å²) in [4.78, 5) is 13.9. The number of hydrogen-bond acceptors (Lipinski definition) is 4. The van der Waals surface area contributed by atoms with E-state index in [1.54, 1.807) is 11.3 Å². The van der Waals surface area contributed by atoms with Gasteiger partial charge in [-0.05, 0) is 76.1 Å². The Morgan fingerprint density at radius 3 is 2.53 bits per heavy atom. The van der Waals surface area contributed by atoms with Gasteiger partial charge in [-0.15, -0.1) is 11.3 Å². The van der Waals surface area contributed by atoms with Gasteiger partial charge in [0, 0.05) is 21.5 Å². The highest BCUT2D eigenvalue weighted by atomic mass is 32.1. The molecule has 2 N–H and O–H groups in total. The van der Waals surface area contributed by atoms with Gasteiger partial charge in [0.2, 0.25) is 0 Å². The van der Waals surface area contributed by atoms with E-state index in [4.69, 9.17) is 10.5 Å². The third-order valence-electron chi connectivity index (χ3n) is 7.01. The zero-order chi connectivity index (χ0) is 24.6. The maximum Gasteiger partial charge on any atom is 0.339 e. The van der Waals surface area contributed by atoms with Crippen molar-refractivity contribution >= 4 is 43.7 Å². The summed E-state index contributed by atoms with van der Waals surface area (Å²) in [7, 11) is 0. The summed E-state index contributed by atoms with van der Waals surface area (Å²) in [6.07, 6.45) is 4.37. The van der Waals surface area contributed by atoms with Crippen molar-refractivity contribution in [3.05, 3.63) is 112 Å². The zero-order valence-electron chi connectivity index (χ0n) is 20.2. The molecule has 0 unspecified atom stereocenters. The lowest BCUT2D eigenvalue weighted by molar-refractivity contribution is 0.0528. The van der Waals surface area contributed by atoms with Crippen LogP contribution in [0.3, 0.4) is 0 Å². The molecular weight excluding hydrogens is 462 g/mol. The minimum atomic E-state index is -0.300. The molecule has 0 fully saturated rings. The Balaban J connectivity index is 1.69. The van der Waals surface area contributed by atoms with Crippen molar-refractivity contribution in [3.8, 4) is 11.1 Å². The first-order chi connectivity index (χ1) is 17.7. The van der Waals surface area contributed by atoms with Gasteiger partial charge in [0.1, 0.15) is 0 Å². The molecule has 1 aromatic heterocycles.